The van der Waals surface area contributed by atoms with Crippen LogP contribution in [-0.4, -0.2) is 37.2 Å². The van der Waals surface area contributed by atoms with Gasteiger partial charge in [0.15, 0.2) is 0 Å². The molecule has 1 heterocycles. The quantitative estimate of drug-likeness (QED) is 0.168. The van der Waals surface area contributed by atoms with Gasteiger partial charge in [0.2, 0.25) is 0 Å². The van der Waals surface area contributed by atoms with Crippen molar-refractivity contribution in [3.8, 4) is 0 Å². The van der Waals surface area contributed by atoms with E-state index in [1.165, 1.54) is 21.7 Å². The monoisotopic (exact) mass is 504 g/mol. The van der Waals surface area contributed by atoms with Gasteiger partial charge in [-0.15, -0.1) is 24.4 Å². The Hall–Kier alpha value is -2.50. The van der Waals surface area contributed by atoms with Crippen molar-refractivity contribution < 1.29 is 4.79 Å². The molecule has 0 saturated carbocycles. The van der Waals surface area contributed by atoms with Crippen molar-refractivity contribution >= 4 is 42.1 Å². The predicted octanol–water partition coefficient (Wildman–Crippen LogP) is 7.34. The second-order valence-corrected chi connectivity index (χ2v) is 11.4. The Bertz CT molecular complexity index is 1220. The standard InChI is InChI=1S/C30H36N2OS2/c1-29(2)25-19-22(34)14-16-26(25)31-27(29)11-9-8-10-12-28(32(5)6)30(3,4)24-20-23(35-7)15-13-21(24)17-18-33/h8-16,18-20,34H,17H2,1-7H3/b10-8+,11-9+,28-12+. The van der Waals surface area contributed by atoms with Gasteiger partial charge in [-0.05, 0) is 65.4 Å². The summed E-state index contributed by atoms with van der Waals surface area (Å²) in [5.74, 6) is 0. The van der Waals surface area contributed by atoms with E-state index in [9.17, 15) is 4.79 Å². The van der Waals surface area contributed by atoms with Gasteiger partial charge in [-0.2, -0.15) is 0 Å². The van der Waals surface area contributed by atoms with Crippen molar-refractivity contribution in [2.45, 2.75) is 54.7 Å². The molecule has 0 atom stereocenters. The molecule has 184 valence electrons. The zero-order valence-corrected chi connectivity index (χ0v) is 23.5. The highest BCUT2D eigenvalue weighted by Gasteiger charge is 2.33. The molecule has 0 aromatic heterocycles. The Morgan fingerprint density at radius 3 is 2.51 bits per heavy atom. The molecule has 0 N–H and O–H groups in total. The number of hydrogen-bond acceptors (Lipinski definition) is 5. The summed E-state index contributed by atoms with van der Waals surface area (Å²) >= 11 is 6.21. The maximum Gasteiger partial charge on any atom is 0.124 e. The van der Waals surface area contributed by atoms with Crippen LogP contribution in [0.1, 0.15) is 44.4 Å². The number of fused-ring (bicyclic) bond motifs is 1. The van der Waals surface area contributed by atoms with Gasteiger partial charge in [0.25, 0.3) is 0 Å². The van der Waals surface area contributed by atoms with Crippen LogP contribution in [0, 0.1) is 0 Å². The van der Waals surface area contributed by atoms with E-state index in [4.69, 9.17) is 4.99 Å². The maximum absolute atomic E-state index is 11.3. The average Bonchev–Trinajstić information content (AvgIpc) is 3.05. The summed E-state index contributed by atoms with van der Waals surface area (Å²) in [5, 5.41) is 0. The second-order valence-electron chi connectivity index (χ2n) is 10.0. The average molecular weight is 505 g/mol. The van der Waals surface area contributed by atoms with E-state index in [1.807, 2.05) is 12.1 Å². The highest BCUT2D eigenvalue weighted by molar-refractivity contribution is 7.98. The van der Waals surface area contributed by atoms with Crippen LogP contribution in [0.25, 0.3) is 0 Å². The summed E-state index contributed by atoms with van der Waals surface area (Å²) < 4.78 is 0. The summed E-state index contributed by atoms with van der Waals surface area (Å²) in [7, 11) is 4.13. The highest BCUT2D eigenvalue weighted by atomic mass is 32.2. The molecule has 5 heteroatoms. The normalized spacial score (nSPS) is 15.5. The molecule has 0 radical (unpaired) electrons. The minimum absolute atomic E-state index is 0.150. The zero-order valence-electron chi connectivity index (χ0n) is 21.8. The minimum atomic E-state index is -0.272. The molecule has 0 spiro atoms. The lowest BCUT2D eigenvalue weighted by molar-refractivity contribution is -0.107. The fourth-order valence-electron chi connectivity index (χ4n) is 4.72. The van der Waals surface area contributed by atoms with Crippen LogP contribution in [0.4, 0.5) is 5.69 Å². The van der Waals surface area contributed by atoms with E-state index < -0.39 is 0 Å². The number of hydrogen-bond donors (Lipinski definition) is 1. The molecule has 2 aromatic rings. The number of allylic oxidation sites excluding steroid dienone is 6. The second kappa shape index (κ2) is 11.0. The van der Waals surface area contributed by atoms with Crippen LogP contribution < -0.4 is 0 Å². The first-order valence-corrected chi connectivity index (χ1v) is 13.5. The molecule has 0 unspecified atom stereocenters. The van der Waals surface area contributed by atoms with Gasteiger partial charge >= 0.3 is 0 Å². The molecule has 3 nitrogen and oxygen atoms in total. The molecule has 3 rings (SSSR count). The molecular weight excluding hydrogens is 468 g/mol. The molecule has 0 aliphatic carbocycles. The zero-order chi connectivity index (χ0) is 25.8. The number of carbonyl (C=O) groups excluding carboxylic acids is 1. The third kappa shape index (κ3) is 5.84. The first-order chi connectivity index (χ1) is 16.5. The van der Waals surface area contributed by atoms with Gasteiger partial charge < -0.3 is 9.69 Å². The van der Waals surface area contributed by atoms with Crippen LogP contribution in [-0.2, 0) is 22.0 Å². The largest absolute Gasteiger partial charge is 0.380 e. The molecule has 2 aromatic carbocycles. The molecule has 0 fully saturated rings. The van der Waals surface area contributed by atoms with Gasteiger partial charge in [0, 0.05) is 46.8 Å². The SMILES string of the molecule is CSc1ccc(CC=O)c(C(C)(C)\C(=C/C=C/C=C/C2=Nc3ccc(S)cc3C2(C)C)N(C)C)c1. The van der Waals surface area contributed by atoms with Crippen LogP contribution in [0.2, 0.25) is 0 Å². The van der Waals surface area contributed by atoms with E-state index in [0.29, 0.717) is 6.42 Å². The summed E-state index contributed by atoms with van der Waals surface area (Å²) in [6, 6.07) is 12.5. The van der Waals surface area contributed by atoms with E-state index >= 15 is 0 Å². The van der Waals surface area contributed by atoms with Crippen LogP contribution in [0.3, 0.4) is 0 Å². The summed E-state index contributed by atoms with van der Waals surface area (Å²) in [5.41, 5.74) is 6.28. The first-order valence-electron chi connectivity index (χ1n) is 11.8. The van der Waals surface area contributed by atoms with Crippen molar-refractivity contribution in [1.82, 2.24) is 4.90 Å². The van der Waals surface area contributed by atoms with Gasteiger partial charge in [-0.25, -0.2) is 0 Å². The lowest BCUT2D eigenvalue weighted by Crippen LogP contribution is -2.31. The summed E-state index contributed by atoms with van der Waals surface area (Å²) in [6.45, 7) is 8.84. The Morgan fingerprint density at radius 1 is 1.11 bits per heavy atom. The Morgan fingerprint density at radius 2 is 1.86 bits per heavy atom. The molecule has 0 saturated heterocycles. The number of thiol groups is 1. The number of carbonyl (C=O) groups is 1. The molecule has 1 aliphatic rings. The van der Waals surface area contributed by atoms with Crippen molar-refractivity contribution in [2.75, 3.05) is 20.4 Å². The van der Waals surface area contributed by atoms with E-state index in [2.05, 4.69) is 120 Å². The van der Waals surface area contributed by atoms with Crippen molar-refractivity contribution in [3.63, 3.8) is 0 Å². The first kappa shape index (κ1) is 27.1. The fourth-order valence-corrected chi connectivity index (χ4v) is 5.36. The lowest BCUT2D eigenvalue weighted by Gasteiger charge is -2.35. The number of aliphatic imine (C=N–C) groups is 1. The third-order valence-electron chi connectivity index (χ3n) is 6.68. The Balaban J connectivity index is 1.87. The number of likely N-dealkylation sites (N-methyl/N-ethyl adjacent to an activating group) is 1. The third-order valence-corrected chi connectivity index (χ3v) is 7.68. The number of nitrogens with zero attached hydrogens (tertiary/aromatic N) is 2. The van der Waals surface area contributed by atoms with Crippen molar-refractivity contribution in [1.29, 1.82) is 0 Å². The Kier molecular flexibility index (Phi) is 8.55. The van der Waals surface area contributed by atoms with Gasteiger partial charge in [-0.3, -0.25) is 4.99 Å². The molecular formula is C30H36N2OS2. The van der Waals surface area contributed by atoms with Gasteiger partial charge in [-0.1, -0.05) is 52.0 Å². The summed E-state index contributed by atoms with van der Waals surface area (Å²) in [4.78, 5) is 20.5. The smallest absolute Gasteiger partial charge is 0.124 e. The number of thioether (sulfide) groups is 1. The van der Waals surface area contributed by atoms with E-state index in [1.54, 1.807) is 11.8 Å². The van der Waals surface area contributed by atoms with Crippen LogP contribution in [0.5, 0.6) is 0 Å². The topological polar surface area (TPSA) is 32.7 Å². The van der Waals surface area contributed by atoms with E-state index in [-0.39, 0.29) is 10.8 Å². The fraction of sp³-hybridized carbons (Fsp3) is 0.333. The lowest BCUT2D eigenvalue weighted by atomic mass is 9.77. The number of aldehydes is 1. The van der Waals surface area contributed by atoms with Crippen molar-refractivity contribution in [3.05, 3.63) is 89.2 Å². The molecule has 0 amide bonds. The molecule has 1 aliphatic heterocycles. The van der Waals surface area contributed by atoms with E-state index in [0.717, 1.165) is 28.1 Å². The molecule has 0 bridgehead atoms. The predicted molar refractivity (Wildman–Crippen MR) is 155 cm³/mol. The minimum Gasteiger partial charge on any atom is -0.380 e. The van der Waals surface area contributed by atoms with Crippen LogP contribution in [0.15, 0.2) is 87.3 Å². The van der Waals surface area contributed by atoms with Crippen LogP contribution >= 0.6 is 24.4 Å². The highest BCUT2D eigenvalue weighted by Crippen LogP contribution is 2.41. The van der Waals surface area contributed by atoms with Crippen molar-refractivity contribution in [2.24, 2.45) is 4.99 Å². The Labute approximate surface area is 220 Å². The maximum atomic E-state index is 11.3. The van der Waals surface area contributed by atoms with Gasteiger partial charge in [0.05, 0.1) is 11.4 Å². The number of benzene rings is 2. The number of rotatable bonds is 9. The van der Waals surface area contributed by atoms with Gasteiger partial charge in [0.1, 0.15) is 6.29 Å². The summed E-state index contributed by atoms with van der Waals surface area (Å²) in [6.07, 6.45) is 13.9. The molecule has 35 heavy (non-hydrogen) atoms.